The van der Waals surface area contributed by atoms with Gasteiger partial charge in [-0.05, 0) is 28.0 Å². The molecule has 0 aliphatic heterocycles. The van der Waals surface area contributed by atoms with E-state index >= 15 is 0 Å². The minimum absolute atomic E-state index is 0. The average molecular weight is 332 g/mol. The molecule has 0 fully saturated rings. The first-order valence-corrected chi connectivity index (χ1v) is 5.48. The van der Waals surface area contributed by atoms with E-state index in [1.807, 2.05) is 6.07 Å². The van der Waals surface area contributed by atoms with E-state index in [0.717, 1.165) is 0 Å². The Bertz CT molecular complexity index is 615. The van der Waals surface area contributed by atoms with Crippen molar-refractivity contribution in [3.63, 3.8) is 0 Å². The Morgan fingerprint density at radius 3 is 1.88 bits per heavy atom. The molecule has 84 valence electrons. The molecule has 0 spiro atoms. The fourth-order valence-electron chi connectivity index (χ4n) is 2.00. The molecule has 0 aromatic heterocycles. The standard InChI is InChI=1S/C16H12.HI/c1-2-6-13(7-3-1)16-11-10-14-8-4-5-9-15(14)12-16;/h1-12H;1H. The Morgan fingerprint density at radius 2 is 1.12 bits per heavy atom. The van der Waals surface area contributed by atoms with Crippen molar-refractivity contribution in [2.45, 2.75) is 0 Å². The smallest absolute Gasteiger partial charge is 0.0178 e. The summed E-state index contributed by atoms with van der Waals surface area (Å²) in [5.74, 6) is 0. The Hall–Kier alpha value is -1.35. The van der Waals surface area contributed by atoms with Gasteiger partial charge in [-0.2, -0.15) is 0 Å². The van der Waals surface area contributed by atoms with Crippen molar-refractivity contribution in [1.29, 1.82) is 0 Å². The zero-order valence-corrected chi connectivity index (χ0v) is 11.7. The van der Waals surface area contributed by atoms with Gasteiger partial charge in [0.15, 0.2) is 0 Å². The van der Waals surface area contributed by atoms with Crippen molar-refractivity contribution < 1.29 is 0 Å². The van der Waals surface area contributed by atoms with Gasteiger partial charge < -0.3 is 0 Å². The third kappa shape index (κ3) is 2.50. The maximum absolute atomic E-state index is 2.24. The minimum atomic E-state index is 0. The third-order valence-corrected chi connectivity index (χ3v) is 2.86. The maximum atomic E-state index is 2.24. The van der Waals surface area contributed by atoms with Gasteiger partial charge in [0, 0.05) is 0 Å². The van der Waals surface area contributed by atoms with Crippen molar-refractivity contribution in [2.75, 3.05) is 0 Å². The highest BCUT2D eigenvalue weighted by Gasteiger charge is 1.97. The second-order valence-corrected chi connectivity index (χ2v) is 3.93. The molecule has 3 rings (SSSR count). The van der Waals surface area contributed by atoms with Crippen LogP contribution in [-0.2, 0) is 0 Å². The van der Waals surface area contributed by atoms with E-state index in [1.54, 1.807) is 0 Å². The van der Waals surface area contributed by atoms with Crippen molar-refractivity contribution in [3.8, 4) is 11.1 Å². The molecule has 0 radical (unpaired) electrons. The molecule has 3 aromatic carbocycles. The Labute approximate surface area is 118 Å². The van der Waals surface area contributed by atoms with Gasteiger partial charge in [0.2, 0.25) is 0 Å². The average Bonchev–Trinajstić information content (AvgIpc) is 2.39. The lowest BCUT2D eigenvalue weighted by molar-refractivity contribution is 1.64. The predicted molar refractivity (Wildman–Crippen MR) is 84.8 cm³/mol. The van der Waals surface area contributed by atoms with Crippen LogP contribution in [0.25, 0.3) is 21.9 Å². The van der Waals surface area contributed by atoms with Crippen molar-refractivity contribution in [2.24, 2.45) is 0 Å². The highest BCUT2D eigenvalue weighted by molar-refractivity contribution is 14.0. The molecule has 0 saturated carbocycles. The summed E-state index contributed by atoms with van der Waals surface area (Å²) in [6.45, 7) is 0. The van der Waals surface area contributed by atoms with Crippen LogP contribution in [0.5, 0.6) is 0 Å². The van der Waals surface area contributed by atoms with E-state index in [4.69, 9.17) is 0 Å². The minimum Gasteiger partial charge on any atom is -0.107 e. The Kier molecular flexibility index (Phi) is 3.79. The molecule has 0 unspecified atom stereocenters. The Morgan fingerprint density at radius 1 is 0.471 bits per heavy atom. The van der Waals surface area contributed by atoms with Crippen LogP contribution in [0.15, 0.2) is 72.8 Å². The van der Waals surface area contributed by atoms with Crippen LogP contribution in [0.1, 0.15) is 0 Å². The van der Waals surface area contributed by atoms with Gasteiger partial charge >= 0.3 is 0 Å². The molecule has 17 heavy (non-hydrogen) atoms. The first kappa shape index (κ1) is 12.1. The lowest BCUT2D eigenvalue weighted by atomic mass is 10.0. The first-order valence-electron chi connectivity index (χ1n) is 5.48. The molecule has 0 aliphatic carbocycles. The van der Waals surface area contributed by atoms with E-state index in [-0.39, 0.29) is 24.0 Å². The summed E-state index contributed by atoms with van der Waals surface area (Å²) in [7, 11) is 0. The zero-order chi connectivity index (χ0) is 10.8. The molecular weight excluding hydrogens is 319 g/mol. The highest BCUT2D eigenvalue weighted by atomic mass is 127. The third-order valence-electron chi connectivity index (χ3n) is 2.86. The molecule has 0 N–H and O–H groups in total. The molecule has 0 atom stereocenters. The normalized spacial score (nSPS) is 9.88. The molecule has 0 nitrogen and oxygen atoms in total. The van der Waals surface area contributed by atoms with Gasteiger partial charge in [-0.3, -0.25) is 0 Å². The van der Waals surface area contributed by atoms with Gasteiger partial charge in [-0.1, -0.05) is 66.7 Å². The first-order chi connectivity index (χ1) is 7.93. The number of benzene rings is 3. The van der Waals surface area contributed by atoms with E-state index < -0.39 is 0 Å². The van der Waals surface area contributed by atoms with Crippen LogP contribution >= 0.6 is 24.0 Å². The lowest BCUT2D eigenvalue weighted by Gasteiger charge is -2.03. The maximum Gasteiger partial charge on any atom is -0.0178 e. The number of rotatable bonds is 1. The lowest BCUT2D eigenvalue weighted by Crippen LogP contribution is -1.77. The van der Waals surface area contributed by atoms with Gasteiger partial charge in [0.1, 0.15) is 0 Å². The van der Waals surface area contributed by atoms with Crippen LogP contribution in [0, 0.1) is 0 Å². The number of hydrogen-bond acceptors (Lipinski definition) is 0. The molecule has 0 heterocycles. The second kappa shape index (κ2) is 5.32. The van der Waals surface area contributed by atoms with Crippen LogP contribution in [0.4, 0.5) is 0 Å². The summed E-state index contributed by atoms with van der Waals surface area (Å²) in [5, 5.41) is 2.59. The summed E-state index contributed by atoms with van der Waals surface area (Å²) in [6.07, 6.45) is 0. The van der Waals surface area contributed by atoms with Gasteiger partial charge in [-0.15, -0.1) is 24.0 Å². The molecule has 0 saturated heterocycles. The fraction of sp³-hybridized carbons (Fsp3) is 0. The van der Waals surface area contributed by atoms with E-state index in [2.05, 4.69) is 66.7 Å². The molecule has 1 heteroatoms. The summed E-state index contributed by atoms with van der Waals surface area (Å²) < 4.78 is 0. The van der Waals surface area contributed by atoms with Crippen molar-refractivity contribution in [3.05, 3.63) is 72.8 Å². The predicted octanol–water partition coefficient (Wildman–Crippen LogP) is 5.12. The summed E-state index contributed by atoms with van der Waals surface area (Å²) in [4.78, 5) is 0. The summed E-state index contributed by atoms with van der Waals surface area (Å²) >= 11 is 0. The Balaban J connectivity index is 0.00000108. The largest absolute Gasteiger partial charge is 0.107 e. The molecule has 0 amide bonds. The number of halogens is 1. The van der Waals surface area contributed by atoms with Crippen LogP contribution in [-0.4, -0.2) is 0 Å². The monoisotopic (exact) mass is 332 g/mol. The fourth-order valence-corrected chi connectivity index (χ4v) is 2.00. The van der Waals surface area contributed by atoms with E-state index in [9.17, 15) is 0 Å². The quantitative estimate of drug-likeness (QED) is 0.542. The van der Waals surface area contributed by atoms with Gasteiger partial charge in [0.05, 0.1) is 0 Å². The van der Waals surface area contributed by atoms with E-state index in [1.165, 1.54) is 21.9 Å². The van der Waals surface area contributed by atoms with Crippen LogP contribution in [0.3, 0.4) is 0 Å². The zero-order valence-electron chi connectivity index (χ0n) is 9.34. The number of hydrogen-bond donors (Lipinski definition) is 0. The molecule has 0 aliphatic rings. The van der Waals surface area contributed by atoms with Crippen molar-refractivity contribution >= 4 is 34.7 Å². The highest BCUT2D eigenvalue weighted by Crippen LogP contribution is 2.23. The SMILES string of the molecule is I.c1ccc(-c2ccc3ccccc3c2)cc1. The van der Waals surface area contributed by atoms with Crippen molar-refractivity contribution in [1.82, 2.24) is 0 Å². The topological polar surface area (TPSA) is 0 Å². The van der Waals surface area contributed by atoms with Gasteiger partial charge in [-0.25, -0.2) is 0 Å². The van der Waals surface area contributed by atoms with Crippen LogP contribution < -0.4 is 0 Å². The molecule has 3 aromatic rings. The second-order valence-electron chi connectivity index (χ2n) is 3.93. The molecule has 0 bridgehead atoms. The number of fused-ring (bicyclic) bond motifs is 1. The summed E-state index contributed by atoms with van der Waals surface area (Å²) in [5.41, 5.74) is 2.55. The van der Waals surface area contributed by atoms with Crippen LogP contribution in [0.2, 0.25) is 0 Å². The molecular formula is C16H13I. The van der Waals surface area contributed by atoms with Gasteiger partial charge in [0.25, 0.3) is 0 Å². The summed E-state index contributed by atoms with van der Waals surface area (Å²) in [6, 6.07) is 25.5. The van der Waals surface area contributed by atoms with E-state index in [0.29, 0.717) is 0 Å².